The first-order valence-electron chi connectivity index (χ1n) is 4.91. The highest BCUT2D eigenvalue weighted by Crippen LogP contribution is 2.27. The van der Waals surface area contributed by atoms with Crippen molar-refractivity contribution < 1.29 is 9.59 Å². The van der Waals surface area contributed by atoms with E-state index >= 15 is 0 Å². The lowest BCUT2D eigenvalue weighted by Gasteiger charge is -2.04. The summed E-state index contributed by atoms with van der Waals surface area (Å²) >= 11 is 1.38. The number of thiophene rings is 1. The van der Waals surface area contributed by atoms with Crippen molar-refractivity contribution >= 4 is 28.2 Å². The Morgan fingerprint density at radius 3 is 2.75 bits per heavy atom. The fourth-order valence-electron chi connectivity index (χ4n) is 1.22. The molecule has 0 aliphatic rings. The third-order valence-electron chi connectivity index (χ3n) is 1.82. The second-order valence-electron chi connectivity index (χ2n) is 3.33. The minimum atomic E-state index is -0.210. The van der Waals surface area contributed by atoms with Crippen LogP contribution in [0.2, 0.25) is 0 Å². The van der Waals surface area contributed by atoms with Gasteiger partial charge >= 0.3 is 0 Å². The van der Waals surface area contributed by atoms with Crippen molar-refractivity contribution in [2.24, 2.45) is 5.73 Å². The van der Waals surface area contributed by atoms with E-state index in [-0.39, 0.29) is 11.8 Å². The van der Waals surface area contributed by atoms with E-state index in [9.17, 15) is 9.59 Å². The highest BCUT2D eigenvalue weighted by Gasteiger charge is 2.14. The van der Waals surface area contributed by atoms with Crippen molar-refractivity contribution in [3.8, 4) is 0 Å². The molecule has 0 unspecified atom stereocenters. The quantitative estimate of drug-likeness (QED) is 0.725. The van der Waals surface area contributed by atoms with Crippen LogP contribution >= 0.6 is 11.3 Å². The summed E-state index contributed by atoms with van der Waals surface area (Å²) in [6, 6.07) is 1.75. The predicted molar refractivity (Wildman–Crippen MR) is 64.7 cm³/mol. The smallest absolute Gasteiger partial charge is 0.254 e. The molecular formula is C10H15N3O2S. The monoisotopic (exact) mass is 241 g/mol. The molecule has 88 valence electrons. The van der Waals surface area contributed by atoms with E-state index in [1.807, 2.05) is 6.92 Å². The van der Waals surface area contributed by atoms with Crippen LogP contribution in [0.25, 0.3) is 0 Å². The number of hydrogen-bond acceptors (Lipinski definition) is 4. The summed E-state index contributed by atoms with van der Waals surface area (Å²) in [6.45, 7) is 4.11. The van der Waals surface area contributed by atoms with Gasteiger partial charge in [-0.05, 0) is 13.0 Å². The van der Waals surface area contributed by atoms with E-state index in [0.717, 1.165) is 4.88 Å². The molecule has 16 heavy (non-hydrogen) atoms. The second-order valence-corrected chi connectivity index (χ2v) is 4.58. The summed E-state index contributed by atoms with van der Waals surface area (Å²) in [6.07, 6.45) is 0. The van der Waals surface area contributed by atoms with Gasteiger partial charge in [0.05, 0.1) is 5.56 Å². The first-order chi connectivity index (χ1) is 7.54. The molecule has 0 saturated carbocycles. The Hall–Kier alpha value is -1.40. The number of amides is 2. The number of rotatable bonds is 4. The summed E-state index contributed by atoms with van der Waals surface area (Å²) in [7, 11) is 0. The van der Waals surface area contributed by atoms with Gasteiger partial charge < -0.3 is 16.4 Å². The van der Waals surface area contributed by atoms with Crippen molar-refractivity contribution in [2.45, 2.75) is 13.8 Å². The molecule has 4 N–H and O–H groups in total. The van der Waals surface area contributed by atoms with E-state index in [2.05, 4.69) is 10.6 Å². The van der Waals surface area contributed by atoms with Crippen molar-refractivity contribution in [3.63, 3.8) is 0 Å². The molecule has 0 bridgehead atoms. The number of hydrogen-bond donors (Lipinski definition) is 3. The lowest BCUT2D eigenvalue weighted by molar-refractivity contribution is -0.114. The molecule has 2 amide bonds. The number of carbonyl (C=O) groups is 2. The van der Waals surface area contributed by atoms with Gasteiger partial charge in [0.2, 0.25) is 5.91 Å². The SMILES string of the molecule is CC(=O)Nc1sc(C)cc1C(=O)NCCN. The topological polar surface area (TPSA) is 84.2 Å². The predicted octanol–water partition coefficient (Wildman–Crippen LogP) is 0.703. The Kier molecular flexibility index (Phi) is 4.45. The first-order valence-corrected chi connectivity index (χ1v) is 5.72. The van der Waals surface area contributed by atoms with Crippen molar-refractivity contribution in [1.82, 2.24) is 5.32 Å². The normalized spacial score (nSPS) is 9.94. The summed E-state index contributed by atoms with van der Waals surface area (Å²) in [5, 5.41) is 5.89. The Bertz CT molecular complexity index is 401. The zero-order valence-electron chi connectivity index (χ0n) is 9.29. The third kappa shape index (κ3) is 3.32. The third-order valence-corrected chi connectivity index (χ3v) is 2.79. The van der Waals surface area contributed by atoms with Crippen LogP contribution in [-0.2, 0) is 4.79 Å². The molecule has 0 radical (unpaired) electrons. The average Bonchev–Trinajstić information content (AvgIpc) is 2.55. The van der Waals surface area contributed by atoms with Crippen molar-refractivity contribution in [3.05, 3.63) is 16.5 Å². The maximum Gasteiger partial charge on any atom is 0.254 e. The van der Waals surface area contributed by atoms with Crippen LogP contribution in [0.1, 0.15) is 22.2 Å². The molecular weight excluding hydrogens is 226 g/mol. The van der Waals surface area contributed by atoms with E-state index in [1.54, 1.807) is 6.07 Å². The highest BCUT2D eigenvalue weighted by molar-refractivity contribution is 7.16. The van der Waals surface area contributed by atoms with E-state index < -0.39 is 0 Å². The molecule has 1 heterocycles. The number of anilines is 1. The van der Waals surface area contributed by atoms with Gasteiger partial charge in [0.15, 0.2) is 0 Å². The van der Waals surface area contributed by atoms with Gasteiger partial charge in [-0.25, -0.2) is 0 Å². The number of aryl methyl sites for hydroxylation is 1. The first kappa shape index (κ1) is 12.7. The van der Waals surface area contributed by atoms with Crippen molar-refractivity contribution in [2.75, 3.05) is 18.4 Å². The van der Waals surface area contributed by atoms with Gasteiger partial charge in [-0.15, -0.1) is 11.3 Å². The molecule has 5 nitrogen and oxygen atoms in total. The molecule has 0 aliphatic heterocycles. The lowest BCUT2D eigenvalue weighted by Crippen LogP contribution is -2.29. The van der Waals surface area contributed by atoms with Gasteiger partial charge in [-0.1, -0.05) is 0 Å². The second kappa shape index (κ2) is 5.62. The Morgan fingerprint density at radius 2 is 2.19 bits per heavy atom. The fraction of sp³-hybridized carbons (Fsp3) is 0.400. The zero-order chi connectivity index (χ0) is 12.1. The number of nitrogens with two attached hydrogens (primary N) is 1. The highest BCUT2D eigenvalue weighted by atomic mass is 32.1. The zero-order valence-corrected chi connectivity index (χ0v) is 10.1. The van der Waals surface area contributed by atoms with Crippen LogP contribution in [0.4, 0.5) is 5.00 Å². The summed E-state index contributed by atoms with van der Waals surface area (Å²) in [5.41, 5.74) is 5.79. The standard InChI is InChI=1S/C10H15N3O2S/c1-6-5-8(9(15)12-4-3-11)10(16-6)13-7(2)14/h5H,3-4,11H2,1-2H3,(H,12,15)(H,13,14). The van der Waals surface area contributed by atoms with Crippen LogP contribution in [0, 0.1) is 6.92 Å². The lowest BCUT2D eigenvalue weighted by atomic mass is 10.2. The van der Waals surface area contributed by atoms with Crippen LogP contribution in [0.15, 0.2) is 6.07 Å². The molecule has 0 saturated heterocycles. The number of carbonyl (C=O) groups excluding carboxylic acids is 2. The summed E-state index contributed by atoms with van der Waals surface area (Å²) in [4.78, 5) is 23.6. The van der Waals surface area contributed by atoms with Crippen LogP contribution in [-0.4, -0.2) is 24.9 Å². The molecule has 0 aliphatic carbocycles. The molecule has 1 aromatic rings. The Balaban J connectivity index is 2.85. The molecule has 1 aromatic heterocycles. The Labute approximate surface area is 98.0 Å². The van der Waals surface area contributed by atoms with E-state index in [1.165, 1.54) is 18.3 Å². The van der Waals surface area contributed by atoms with Gasteiger partial charge in [-0.2, -0.15) is 0 Å². The minimum absolute atomic E-state index is 0.185. The molecule has 0 aromatic carbocycles. The summed E-state index contributed by atoms with van der Waals surface area (Å²) in [5.74, 6) is -0.395. The molecule has 6 heteroatoms. The maximum atomic E-state index is 11.7. The molecule has 1 rings (SSSR count). The Morgan fingerprint density at radius 1 is 1.50 bits per heavy atom. The van der Waals surface area contributed by atoms with E-state index in [0.29, 0.717) is 23.7 Å². The van der Waals surface area contributed by atoms with Crippen LogP contribution in [0.5, 0.6) is 0 Å². The maximum absolute atomic E-state index is 11.7. The number of nitrogens with one attached hydrogen (secondary N) is 2. The fourth-order valence-corrected chi connectivity index (χ4v) is 2.17. The largest absolute Gasteiger partial charge is 0.351 e. The summed E-state index contributed by atoms with van der Waals surface area (Å²) < 4.78 is 0. The van der Waals surface area contributed by atoms with Gasteiger partial charge in [0.1, 0.15) is 5.00 Å². The van der Waals surface area contributed by atoms with Gasteiger partial charge in [0, 0.05) is 24.9 Å². The van der Waals surface area contributed by atoms with Crippen LogP contribution < -0.4 is 16.4 Å². The molecule has 0 fully saturated rings. The van der Waals surface area contributed by atoms with Crippen LogP contribution in [0.3, 0.4) is 0 Å². The van der Waals surface area contributed by atoms with Crippen molar-refractivity contribution in [1.29, 1.82) is 0 Å². The average molecular weight is 241 g/mol. The van der Waals surface area contributed by atoms with Gasteiger partial charge in [-0.3, -0.25) is 9.59 Å². The van der Waals surface area contributed by atoms with E-state index in [4.69, 9.17) is 5.73 Å². The molecule has 0 atom stereocenters. The molecule has 0 spiro atoms. The van der Waals surface area contributed by atoms with Gasteiger partial charge in [0.25, 0.3) is 5.91 Å². The minimum Gasteiger partial charge on any atom is -0.351 e.